The van der Waals surface area contributed by atoms with Gasteiger partial charge in [-0.15, -0.1) is 0 Å². The number of benzene rings is 1. The predicted octanol–water partition coefficient (Wildman–Crippen LogP) is 2.75. The summed E-state index contributed by atoms with van der Waals surface area (Å²) in [5, 5.41) is 6.01. The number of amides is 2. The zero-order valence-electron chi connectivity index (χ0n) is 14.4. The molecule has 2 heterocycles. The molecule has 5 heteroatoms. The number of rotatable bonds is 6. The van der Waals surface area contributed by atoms with Crippen molar-refractivity contribution in [2.45, 2.75) is 31.7 Å². The van der Waals surface area contributed by atoms with Gasteiger partial charge in [0.2, 0.25) is 0 Å². The van der Waals surface area contributed by atoms with Gasteiger partial charge >= 0.3 is 6.03 Å². The van der Waals surface area contributed by atoms with Gasteiger partial charge in [0.25, 0.3) is 0 Å². The standard InChI is InChI=1S/C19H29N3OS/c23-19(20-10-6-16-4-2-1-3-5-16)21-14-17-7-11-22(12-8-17)18-9-13-24-15-18/h1-5,17-18H,6-15H2,(H2,20,21,23)/t18-/m0/s1. The van der Waals surface area contributed by atoms with Crippen LogP contribution in [0.3, 0.4) is 0 Å². The van der Waals surface area contributed by atoms with Crippen molar-refractivity contribution in [3.63, 3.8) is 0 Å². The highest BCUT2D eigenvalue weighted by Gasteiger charge is 2.27. The van der Waals surface area contributed by atoms with Gasteiger partial charge in [-0.05, 0) is 56.0 Å². The minimum Gasteiger partial charge on any atom is -0.338 e. The minimum atomic E-state index is -0.0273. The highest BCUT2D eigenvalue weighted by atomic mass is 32.2. The second-order valence-corrected chi connectivity index (χ2v) is 8.02. The van der Waals surface area contributed by atoms with E-state index in [4.69, 9.17) is 0 Å². The highest BCUT2D eigenvalue weighted by Crippen LogP contribution is 2.26. The van der Waals surface area contributed by atoms with Crippen molar-refractivity contribution in [2.24, 2.45) is 5.92 Å². The molecule has 1 aromatic rings. The Morgan fingerprint density at radius 3 is 2.62 bits per heavy atom. The van der Waals surface area contributed by atoms with Crippen LogP contribution in [0.25, 0.3) is 0 Å². The van der Waals surface area contributed by atoms with Gasteiger partial charge < -0.3 is 10.6 Å². The van der Waals surface area contributed by atoms with E-state index in [-0.39, 0.29) is 6.03 Å². The number of thioether (sulfide) groups is 1. The topological polar surface area (TPSA) is 44.4 Å². The molecule has 1 aromatic carbocycles. The Kier molecular flexibility index (Phi) is 6.85. The molecule has 2 aliphatic heterocycles. The summed E-state index contributed by atoms with van der Waals surface area (Å²) in [5.41, 5.74) is 1.26. The molecule has 24 heavy (non-hydrogen) atoms. The normalized spacial score (nSPS) is 22.4. The summed E-state index contributed by atoms with van der Waals surface area (Å²) in [6.45, 7) is 3.90. The third-order valence-corrected chi connectivity index (χ3v) is 6.31. The summed E-state index contributed by atoms with van der Waals surface area (Å²) in [6, 6.07) is 11.1. The lowest BCUT2D eigenvalue weighted by molar-refractivity contribution is 0.143. The molecule has 0 aromatic heterocycles. The van der Waals surface area contributed by atoms with Crippen LogP contribution in [0.5, 0.6) is 0 Å². The minimum absolute atomic E-state index is 0.0273. The molecule has 2 amide bonds. The van der Waals surface area contributed by atoms with E-state index in [1.165, 1.54) is 49.4 Å². The number of hydrogen-bond acceptors (Lipinski definition) is 3. The van der Waals surface area contributed by atoms with Crippen molar-refractivity contribution in [1.82, 2.24) is 15.5 Å². The lowest BCUT2D eigenvalue weighted by atomic mass is 9.95. The van der Waals surface area contributed by atoms with Crippen molar-refractivity contribution in [3.05, 3.63) is 35.9 Å². The molecule has 2 N–H and O–H groups in total. The molecule has 0 bridgehead atoms. The van der Waals surface area contributed by atoms with Gasteiger partial charge in [0.05, 0.1) is 0 Å². The molecule has 0 spiro atoms. The monoisotopic (exact) mass is 347 g/mol. The SMILES string of the molecule is O=C(NCCc1ccccc1)NCC1CCN([C@H]2CCSC2)CC1. The van der Waals surface area contributed by atoms with Crippen LogP contribution in [0.4, 0.5) is 4.79 Å². The first-order valence-electron chi connectivity index (χ1n) is 9.18. The highest BCUT2D eigenvalue weighted by molar-refractivity contribution is 7.99. The molecule has 1 atom stereocenters. The van der Waals surface area contributed by atoms with Crippen LogP contribution in [0.2, 0.25) is 0 Å². The van der Waals surface area contributed by atoms with Gasteiger partial charge in [0.15, 0.2) is 0 Å². The zero-order valence-corrected chi connectivity index (χ0v) is 15.2. The van der Waals surface area contributed by atoms with E-state index >= 15 is 0 Å². The molecule has 2 saturated heterocycles. The van der Waals surface area contributed by atoms with Crippen LogP contribution < -0.4 is 10.6 Å². The Bertz CT molecular complexity index is 497. The van der Waals surface area contributed by atoms with Crippen molar-refractivity contribution < 1.29 is 4.79 Å². The van der Waals surface area contributed by atoms with Crippen LogP contribution in [-0.2, 0) is 6.42 Å². The quantitative estimate of drug-likeness (QED) is 0.832. The maximum Gasteiger partial charge on any atom is 0.314 e. The first kappa shape index (κ1) is 17.6. The molecule has 0 radical (unpaired) electrons. The van der Waals surface area contributed by atoms with Crippen LogP contribution >= 0.6 is 11.8 Å². The smallest absolute Gasteiger partial charge is 0.314 e. The van der Waals surface area contributed by atoms with Crippen LogP contribution in [-0.4, -0.2) is 54.7 Å². The molecular formula is C19H29N3OS. The average molecular weight is 348 g/mol. The van der Waals surface area contributed by atoms with E-state index in [1.54, 1.807) is 0 Å². The van der Waals surface area contributed by atoms with Gasteiger partial charge in [-0.3, -0.25) is 4.90 Å². The number of carbonyl (C=O) groups is 1. The number of urea groups is 1. The summed E-state index contributed by atoms with van der Waals surface area (Å²) < 4.78 is 0. The average Bonchev–Trinajstić information content (AvgIpc) is 3.16. The summed E-state index contributed by atoms with van der Waals surface area (Å²) in [5.74, 6) is 3.28. The van der Waals surface area contributed by atoms with E-state index in [0.29, 0.717) is 12.5 Å². The Balaban J connectivity index is 1.27. The molecule has 0 unspecified atom stereocenters. The molecule has 132 valence electrons. The summed E-state index contributed by atoms with van der Waals surface area (Å²) in [4.78, 5) is 14.6. The third-order valence-electron chi connectivity index (χ3n) is 5.16. The molecule has 4 nitrogen and oxygen atoms in total. The van der Waals surface area contributed by atoms with E-state index < -0.39 is 0 Å². The third kappa shape index (κ3) is 5.42. The largest absolute Gasteiger partial charge is 0.338 e. The van der Waals surface area contributed by atoms with Gasteiger partial charge in [-0.2, -0.15) is 11.8 Å². The van der Waals surface area contributed by atoms with Crippen molar-refractivity contribution in [1.29, 1.82) is 0 Å². The second-order valence-electron chi connectivity index (χ2n) is 6.87. The van der Waals surface area contributed by atoms with Crippen molar-refractivity contribution >= 4 is 17.8 Å². The molecule has 0 saturated carbocycles. The van der Waals surface area contributed by atoms with Crippen molar-refractivity contribution in [3.8, 4) is 0 Å². The van der Waals surface area contributed by atoms with Crippen LogP contribution in [0.1, 0.15) is 24.8 Å². The summed E-state index contributed by atoms with van der Waals surface area (Å²) in [6.07, 6.45) is 4.67. The Morgan fingerprint density at radius 1 is 1.12 bits per heavy atom. The molecule has 3 rings (SSSR count). The summed E-state index contributed by atoms with van der Waals surface area (Å²) in [7, 11) is 0. The number of nitrogens with one attached hydrogen (secondary N) is 2. The first-order valence-corrected chi connectivity index (χ1v) is 10.3. The van der Waals surface area contributed by atoms with Gasteiger partial charge in [-0.25, -0.2) is 4.79 Å². The molecule has 0 aliphatic carbocycles. The van der Waals surface area contributed by atoms with Gasteiger partial charge in [-0.1, -0.05) is 30.3 Å². The lowest BCUT2D eigenvalue weighted by Crippen LogP contribution is -2.45. The molecule has 2 aliphatic rings. The predicted molar refractivity (Wildman–Crippen MR) is 102 cm³/mol. The lowest BCUT2D eigenvalue weighted by Gasteiger charge is -2.35. The molecular weight excluding hydrogens is 318 g/mol. The molecule has 2 fully saturated rings. The first-order chi connectivity index (χ1) is 11.8. The fourth-order valence-corrected chi connectivity index (χ4v) is 4.85. The number of likely N-dealkylation sites (tertiary alicyclic amines) is 1. The fourth-order valence-electron chi connectivity index (χ4n) is 3.60. The Morgan fingerprint density at radius 2 is 1.92 bits per heavy atom. The van der Waals surface area contributed by atoms with E-state index in [0.717, 1.165) is 19.0 Å². The number of piperidine rings is 1. The zero-order chi connectivity index (χ0) is 16.6. The van der Waals surface area contributed by atoms with Crippen molar-refractivity contribution in [2.75, 3.05) is 37.7 Å². The summed E-state index contributed by atoms with van der Waals surface area (Å²) >= 11 is 2.09. The van der Waals surface area contributed by atoms with E-state index in [2.05, 4.69) is 39.4 Å². The number of nitrogens with zero attached hydrogens (tertiary/aromatic N) is 1. The maximum absolute atomic E-state index is 11.9. The van der Waals surface area contributed by atoms with E-state index in [1.807, 2.05) is 18.2 Å². The van der Waals surface area contributed by atoms with Crippen LogP contribution in [0.15, 0.2) is 30.3 Å². The number of hydrogen-bond donors (Lipinski definition) is 2. The number of carbonyl (C=O) groups excluding carboxylic acids is 1. The van der Waals surface area contributed by atoms with Gasteiger partial charge in [0, 0.05) is 24.9 Å². The fraction of sp³-hybridized carbons (Fsp3) is 0.632. The Labute approximate surface area is 149 Å². The van der Waals surface area contributed by atoms with Crippen LogP contribution in [0, 0.1) is 5.92 Å². The maximum atomic E-state index is 11.9. The van der Waals surface area contributed by atoms with Gasteiger partial charge in [0.1, 0.15) is 0 Å². The van der Waals surface area contributed by atoms with E-state index in [9.17, 15) is 4.79 Å². The second kappa shape index (κ2) is 9.33. The Hall–Kier alpha value is -1.20.